The van der Waals surface area contributed by atoms with Crippen molar-refractivity contribution in [1.82, 2.24) is 9.62 Å². The lowest BCUT2D eigenvalue weighted by atomic mass is 9.87. The fourth-order valence-corrected chi connectivity index (χ4v) is 1.89. The Balaban J connectivity index is -0.000000439. The second kappa shape index (κ2) is 14.3. The lowest BCUT2D eigenvalue weighted by Gasteiger charge is -2.33. The van der Waals surface area contributed by atoms with Crippen molar-refractivity contribution in [3.8, 4) is 0 Å². The molecule has 0 radical (unpaired) electrons. The third kappa shape index (κ3) is 12.5. The smallest absolute Gasteiger partial charge is 0.0249 e. The summed E-state index contributed by atoms with van der Waals surface area (Å²) in [5.41, 5.74) is 0.331. The molecule has 0 aliphatic rings. The summed E-state index contributed by atoms with van der Waals surface area (Å²) < 4.78 is 2.38. The van der Waals surface area contributed by atoms with E-state index in [0.29, 0.717) is 11.5 Å². The fraction of sp³-hybridized carbons (Fsp3) is 1.00. The molecule has 0 spiro atoms. The Morgan fingerprint density at radius 2 is 1.53 bits per heavy atom. The van der Waals surface area contributed by atoms with Crippen LogP contribution < -0.4 is 5.32 Å². The summed E-state index contributed by atoms with van der Waals surface area (Å²) in [5, 5.41) is 3.39. The molecule has 0 saturated carbocycles. The first kappa shape index (κ1) is 22.5. The van der Waals surface area contributed by atoms with Crippen molar-refractivity contribution >= 4 is 11.9 Å². The van der Waals surface area contributed by atoms with Gasteiger partial charge < -0.3 is 5.32 Å². The Morgan fingerprint density at radius 1 is 1.12 bits per heavy atom. The second-order valence-electron chi connectivity index (χ2n) is 4.37. The van der Waals surface area contributed by atoms with Gasteiger partial charge in [-0.2, -0.15) is 0 Å². The van der Waals surface area contributed by atoms with E-state index >= 15 is 0 Å². The Kier molecular flexibility index (Phi) is 18.9. The molecule has 0 aliphatic heterocycles. The molecule has 3 heteroatoms. The van der Waals surface area contributed by atoms with Crippen LogP contribution in [0.25, 0.3) is 0 Å². The number of hydrogen-bond donors (Lipinski definition) is 1. The topological polar surface area (TPSA) is 15.3 Å². The molecule has 0 fully saturated rings. The molecular weight excluding hydrogens is 228 g/mol. The van der Waals surface area contributed by atoms with E-state index in [1.54, 1.807) is 0 Å². The zero-order chi connectivity index (χ0) is 14.5. The first-order chi connectivity index (χ1) is 7.95. The van der Waals surface area contributed by atoms with E-state index in [0.717, 1.165) is 13.1 Å². The first-order valence-corrected chi connectivity index (χ1v) is 8.10. The highest BCUT2D eigenvalue weighted by atomic mass is 32.2. The molecule has 0 aromatic carbocycles. The Hall–Kier alpha value is 0.270. The molecule has 0 aliphatic carbocycles. The molecule has 0 amide bonds. The Morgan fingerprint density at radius 3 is 1.71 bits per heavy atom. The van der Waals surface area contributed by atoms with Crippen molar-refractivity contribution in [2.75, 3.05) is 26.4 Å². The number of nitrogens with one attached hydrogen (secondary N) is 1. The van der Waals surface area contributed by atoms with E-state index in [2.05, 4.69) is 43.6 Å². The normalized spacial score (nSPS) is 12.2. The van der Waals surface area contributed by atoms with Crippen molar-refractivity contribution in [3.05, 3.63) is 0 Å². The molecule has 108 valence electrons. The van der Waals surface area contributed by atoms with E-state index in [4.69, 9.17) is 0 Å². The standard InChI is InChI=1S/C10H24N2S.2C2H6/c1-7-12(13-6)8-9(11-5)10(2,3)4;2*1-2/h9,11H,7-8H2,1-6H3;2*1-2H3. The molecule has 0 aromatic rings. The molecule has 1 N–H and O–H groups in total. The van der Waals surface area contributed by atoms with Crippen LogP contribution in [0.5, 0.6) is 0 Å². The predicted octanol–water partition coefficient (Wildman–Crippen LogP) is 4.27. The highest BCUT2D eigenvalue weighted by Crippen LogP contribution is 2.21. The van der Waals surface area contributed by atoms with Crippen LogP contribution in [0.15, 0.2) is 0 Å². The predicted molar refractivity (Wildman–Crippen MR) is 85.8 cm³/mol. The number of hydrogen-bond acceptors (Lipinski definition) is 3. The lowest BCUT2D eigenvalue weighted by molar-refractivity contribution is 0.244. The van der Waals surface area contributed by atoms with Crippen LogP contribution in [0.3, 0.4) is 0 Å². The molecule has 2 nitrogen and oxygen atoms in total. The average Bonchev–Trinajstić information content (AvgIpc) is 2.34. The van der Waals surface area contributed by atoms with Gasteiger partial charge in [0.15, 0.2) is 0 Å². The average molecular weight is 265 g/mol. The Labute approximate surface area is 115 Å². The van der Waals surface area contributed by atoms with E-state index in [9.17, 15) is 0 Å². The third-order valence-electron chi connectivity index (χ3n) is 2.39. The quantitative estimate of drug-likeness (QED) is 0.746. The van der Waals surface area contributed by atoms with Gasteiger partial charge in [-0.15, -0.1) is 0 Å². The van der Waals surface area contributed by atoms with Gasteiger partial charge in [-0.1, -0.05) is 67.3 Å². The molecule has 0 rings (SSSR count). The van der Waals surface area contributed by atoms with Gasteiger partial charge >= 0.3 is 0 Å². The highest BCUT2D eigenvalue weighted by Gasteiger charge is 2.24. The van der Waals surface area contributed by atoms with E-state index in [-0.39, 0.29) is 0 Å². The monoisotopic (exact) mass is 264 g/mol. The molecule has 0 saturated heterocycles. The molecule has 1 atom stereocenters. The van der Waals surface area contributed by atoms with Crippen LogP contribution in [0.4, 0.5) is 0 Å². The van der Waals surface area contributed by atoms with Gasteiger partial charge in [-0.3, -0.25) is 0 Å². The van der Waals surface area contributed by atoms with Crippen molar-refractivity contribution in [1.29, 1.82) is 0 Å². The van der Waals surface area contributed by atoms with Gasteiger partial charge in [-0.25, -0.2) is 4.31 Å². The largest absolute Gasteiger partial charge is 0.315 e. The minimum atomic E-state index is 0.331. The lowest BCUT2D eigenvalue weighted by Crippen LogP contribution is -2.45. The van der Waals surface area contributed by atoms with Gasteiger partial charge in [-0.05, 0) is 18.7 Å². The maximum Gasteiger partial charge on any atom is 0.0249 e. The van der Waals surface area contributed by atoms with Crippen LogP contribution in [0, 0.1) is 5.41 Å². The molecule has 17 heavy (non-hydrogen) atoms. The molecule has 0 heterocycles. The third-order valence-corrected chi connectivity index (χ3v) is 3.31. The maximum atomic E-state index is 3.39. The van der Waals surface area contributed by atoms with Gasteiger partial charge in [0.1, 0.15) is 0 Å². The van der Waals surface area contributed by atoms with Crippen LogP contribution in [-0.2, 0) is 0 Å². The van der Waals surface area contributed by atoms with Crippen molar-refractivity contribution in [3.63, 3.8) is 0 Å². The van der Waals surface area contributed by atoms with Gasteiger partial charge in [0.2, 0.25) is 0 Å². The number of rotatable bonds is 5. The van der Waals surface area contributed by atoms with Gasteiger partial charge in [0.25, 0.3) is 0 Å². The number of likely N-dealkylation sites (N-methyl/N-ethyl adjacent to an activating group) is 2. The summed E-state index contributed by atoms with van der Waals surface area (Å²) in [6.45, 7) is 19.3. The SMILES string of the molecule is CC.CC.CCN(CC(NC)C(C)(C)C)SC. The van der Waals surface area contributed by atoms with Gasteiger partial charge in [0.05, 0.1) is 0 Å². The van der Waals surface area contributed by atoms with Crippen molar-refractivity contribution < 1.29 is 0 Å². The van der Waals surface area contributed by atoms with Gasteiger partial charge in [0, 0.05) is 19.1 Å². The summed E-state index contributed by atoms with van der Waals surface area (Å²) in [6.07, 6.45) is 2.14. The Bertz CT molecular complexity index is 129. The zero-order valence-corrected chi connectivity index (χ0v) is 14.7. The van der Waals surface area contributed by atoms with Crippen LogP contribution in [0.2, 0.25) is 0 Å². The highest BCUT2D eigenvalue weighted by molar-refractivity contribution is 7.96. The molecule has 0 aromatic heterocycles. The van der Waals surface area contributed by atoms with E-state index in [1.807, 2.05) is 46.7 Å². The maximum absolute atomic E-state index is 3.39. The van der Waals surface area contributed by atoms with Crippen LogP contribution in [0.1, 0.15) is 55.4 Å². The summed E-state index contributed by atoms with van der Waals surface area (Å²) in [4.78, 5) is 0. The number of nitrogens with zero attached hydrogens (tertiary/aromatic N) is 1. The van der Waals surface area contributed by atoms with E-state index in [1.165, 1.54) is 0 Å². The zero-order valence-electron chi connectivity index (χ0n) is 13.8. The second-order valence-corrected chi connectivity index (χ2v) is 5.25. The molecule has 0 bridgehead atoms. The summed E-state index contributed by atoms with van der Waals surface area (Å²) in [6, 6.07) is 0.555. The molecular formula is C14H36N2S. The van der Waals surface area contributed by atoms with Crippen molar-refractivity contribution in [2.45, 2.75) is 61.4 Å². The fourth-order valence-electron chi connectivity index (χ4n) is 1.33. The summed E-state index contributed by atoms with van der Waals surface area (Å²) in [5.74, 6) is 0. The minimum absolute atomic E-state index is 0.331. The van der Waals surface area contributed by atoms with Crippen LogP contribution in [-0.4, -0.2) is 36.7 Å². The molecule has 1 unspecified atom stereocenters. The van der Waals surface area contributed by atoms with Crippen molar-refractivity contribution in [2.24, 2.45) is 5.41 Å². The first-order valence-electron chi connectivity index (χ1n) is 6.92. The van der Waals surface area contributed by atoms with E-state index < -0.39 is 0 Å². The van der Waals surface area contributed by atoms with Crippen LogP contribution >= 0.6 is 11.9 Å². The summed E-state index contributed by atoms with van der Waals surface area (Å²) >= 11 is 1.82. The summed E-state index contributed by atoms with van der Waals surface area (Å²) in [7, 11) is 2.05. The minimum Gasteiger partial charge on any atom is -0.315 e.